The first-order valence-electron chi connectivity index (χ1n) is 5.01. The summed E-state index contributed by atoms with van der Waals surface area (Å²) in [5.74, 6) is 1.19. The highest BCUT2D eigenvalue weighted by atomic mass is 35.5. The molecule has 0 amide bonds. The number of esters is 1. The third-order valence-corrected chi connectivity index (χ3v) is 3.44. The van der Waals surface area contributed by atoms with E-state index in [2.05, 4.69) is 0 Å². The second-order valence-corrected chi connectivity index (χ2v) is 4.92. The van der Waals surface area contributed by atoms with Crippen molar-refractivity contribution in [2.45, 2.75) is 44.1 Å². The summed E-state index contributed by atoms with van der Waals surface area (Å²) in [6.07, 6.45) is 5.07. The van der Waals surface area contributed by atoms with Crippen molar-refractivity contribution in [3.05, 3.63) is 0 Å². The second-order valence-electron chi connectivity index (χ2n) is 4.27. The smallest absolute Gasteiger partial charge is 0.324 e. The van der Waals surface area contributed by atoms with Crippen molar-refractivity contribution in [3.63, 3.8) is 0 Å². The maximum absolute atomic E-state index is 11.2. The molecular weight excluding hydrogens is 188 g/mol. The minimum absolute atomic E-state index is 0.174. The van der Waals surface area contributed by atoms with Gasteiger partial charge in [-0.1, -0.05) is 0 Å². The molecule has 2 aliphatic carbocycles. The van der Waals surface area contributed by atoms with Gasteiger partial charge in [0.1, 0.15) is 11.5 Å². The van der Waals surface area contributed by atoms with Gasteiger partial charge in [0.15, 0.2) is 0 Å². The molecule has 0 aliphatic heterocycles. The lowest BCUT2D eigenvalue weighted by Crippen LogP contribution is -2.27. The van der Waals surface area contributed by atoms with E-state index in [4.69, 9.17) is 16.3 Å². The highest BCUT2D eigenvalue weighted by molar-refractivity contribution is 6.29. The Morgan fingerprint density at radius 2 is 2.23 bits per heavy atom. The number of hydrogen-bond acceptors (Lipinski definition) is 2. The summed E-state index contributed by atoms with van der Waals surface area (Å²) in [4.78, 5) is 11.2. The molecule has 0 aromatic carbocycles. The van der Waals surface area contributed by atoms with Gasteiger partial charge in [-0.05, 0) is 44.4 Å². The molecule has 0 saturated heterocycles. The van der Waals surface area contributed by atoms with Crippen LogP contribution in [0.25, 0.3) is 0 Å². The number of carbonyl (C=O) groups is 1. The van der Waals surface area contributed by atoms with Crippen molar-refractivity contribution in [2.75, 3.05) is 0 Å². The molecule has 0 aromatic rings. The third-order valence-electron chi connectivity index (χ3n) is 3.27. The SMILES string of the molecule is CC(Cl)C(=O)OC1CC2CCC1C2. The summed E-state index contributed by atoms with van der Waals surface area (Å²) < 4.78 is 5.34. The van der Waals surface area contributed by atoms with E-state index in [1.165, 1.54) is 19.3 Å². The van der Waals surface area contributed by atoms with E-state index in [9.17, 15) is 4.79 Å². The van der Waals surface area contributed by atoms with Gasteiger partial charge < -0.3 is 4.74 Å². The molecule has 0 N–H and O–H groups in total. The second kappa shape index (κ2) is 3.49. The molecule has 2 fully saturated rings. The summed E-state index contributed by atoms with van der Waals surface area (Å²) in [5.41, 5.74) is 0. The number of carbonyl (C=O) groups excluding carboxylic acids is 1. The predicted octanol–water partition coefficient (Wildman–Crippen LogP) is 2.35. The average molecular weight is 203 g/mol. The van der Waals surface area contributed by atoms with E-state index in [-0.39, 0.29) is 12.1 Å². The number of fused-ring (bicyclic) bond motifs is 2. The zero-order valence-corrected chi connectivity index (χ0v) is 8.59. The molecule has 0 aromatic heterocycles. The fraction of sp³-hybridized carbons (Fsp3) is 0.900. The van der Waals surface area contributed by atoms with Crippen LogP contribution in [0, 0.1) is 11.8 Å². The molecule has 4 unspecified atom stereocenters. The van der Waals surface area contributed by atoms with Crippen molar-refractivity contribution in [1.29, 1.82) is 0 Å². The average Bonchev–Trinajstić information content (AvgIpc) is 2.64. The quantitative estimate of drug-likeness (QED) is 0.508. The van der Waals surface area contributed by atoms with E-state index in [1.54, 1.807) is 6.92 Å². The largest absolute Gasteiger partial charge is 0.461 e. The molecule has 2 nitrogen and oxygen atoms in total. The Bertz CT molecular complexity index is 215. The van der Waals surface area contributed by atoms with Crippen LogP contribution in [-0.2, 0) is 9.53 Å². The topological polar surface area (TPSA) is 26.3 Å². The zero-order chi connectivity index (χ0) is 9.42. The van der Waals surface area contributed by atoms with Gasteiger partial charge in [-0.2, -0.15) is 0 Å². The van der Waals surface area contributed by atoms with Crippen LogP contribution in [0.1, 0.15) is 32.6 Å². The van der Waals surface area contributed by atoms with Crippen LogP contribution in [0.15, 0.2) is 0 Å². The van der Waals surface area contributed by atoms with Crippen LogP contribution in [-0.4, -0.2) is 17.5 Å². The van der Waals surface area contributed by atoms with E-state index in [0.717, 1.165) is 12.3 Å². The molecule has 4 atom stereocenters. The Hall–Kier alpha value is -0.240. The van der Waals surface area contributed by atoms with Gasteiger partial charge in [0.05, 0.1) is 0 Å². The summed E-state index contributed by atoms with van der Waals surface area (Å²) in [6.45, 7) is 1.66. The summed E-state index contributed by atoms with van der Waals surface area (Å²) in [6, 6.07) is 0. The Labute approximate surface area is 83.6 Å². The number of rotatable bonds is 2. The molecule has 0 heterocycles. The minimum atomic E-state index is -0.501. The lowest BCUT2D eigenvalue weighted by atomic mass is 9.98. The van der Waals surface area contributed by atoms with Crippen molar-refractivity contribution in [2.24, 2.45) is 11.8 Å². The van der Waals surface area contributed by atoms with Gasteiger partial charge in [-0.3, -0.25) is 4.79 Å². The first-order valence-corrected chi connectivity index (χ1v) is 5.45. The van der Waals surface area contributed by atoms with Crippen LogP contribution in [0.4, 0.5) is 0 Å². The molecule has 2 bridgehead atoms. The number of halogens is 1. The Kier molecular flexibility index (Phi) is 2.50. The predicted molar refractivity (Wildman–Crippen MR) is 50.6 cm³/mol. The van der Waals surface area contributed by atoms with Gasteiger partial charge >= 0.3 is 5.97 Å². The Morgan fingerprint density at radius 1 is 1.46 bits per heavy atom. The fourth-order valence-electron chi connectivity index (χ4n) is 2.57. The number of ether oxygens (including phenoxy) is 1. The van der Waals surface area contributed by atoms with Gasteiger partial charge in [0.25, 0.3) is 0 Å². The molecular formula is C10H15ClO2. The van der Waals surface area contributed by atoms with Crippen LogP contribution in [0.3, 0.4) is 0 Å². The Morgan fingerprint density at radius 3 is 2.69 bits per heavy atom. The Balaban J connectivity index is 1.86. The first kappa shape index (κ1) is 9.32. The summed E-state index contributed by atoms with van der Waals surface area (Å²) >= 11 is 5.63. The molecule has 0 radical (unpaired) electrons. The summed E-state index contributed by atoms with van der Waals surface area (Å²) in [5, 5.41) is -0.501. The highest BCUT2D eigenvalue weighted by Gasteiger charge is 2.41. The van der Waals surface area contributed by atoms with Crippen molar-refractivity contribution in [3.8, 4) is 0 Å². The highest BCUT2D eigenvalue weighted by Crippen LogP contribution is 2.45. The third kappa shape index (κ3) is 1.83. The van der Waals surface area contributed by atoms with Crippen LogP contribution < -0.4 is 0 Å². The fourth-order valence-corrected chi connectivity index (χ4v) is 2.63. The van der Waals surface area contributed by atoms with Crippen LogP contribution in [0.2, 0.25) is 0 Å². The van der Waals surface area contributed by atoms with Gasteiger partial charge in [0, 0.05) is 0 Å². The zero-order valence-electron chi connectivity index (χ0n) is 7.83. The van der Waals surface area contributed by atoms with Crippen LogP contribution in [0.5, 0.6) is 0 Å². The molecule has 2 rings (SSSR count). The first-order chi connectivity index (χ1) is 6.16. The molecule has 2 aliphatic rings. The van der Waals surface area contributed by atoms with E-state index < -0.39 is 5.38 Å². The lowest BCUT2D eigenvalue weighted by molar-refractivity contribution is -0.150. The number of alkyl halides is 1. The molecule has 13 heavy (non-hydrogen) atoms. The summed E-state index contributed by atoms with van der Waals surface area (Å²) in [7, 11) is 0. The van der Waals surface area contributed by atoms with Gasteiger partial charge in [-0.15, -0.1) is 11.6 Å². The van der Waals surface area contributed by atoms with E-state index in [1.807, 2.05) is 0 Å². The normalized spacial score (nSPS) is 39.1. The van der Waals surface area contributed by atoms with Gasteiger partial charge in [0.2, 0.25) is 0 Å². The molecule has 2 saturated carbocycles. The van der Waals surface area contributed by atoms with Crippen molar-refractivity contribution >= 4 is 17.6 Å². The standard InChI is InChI=1S/C10H15ClO2/c1-6(11)10(12)13-9-5-7-2-3-8(9)4-7/h6-9H,2-5H2,1H3. The lowest BCUT2D eigenvalue weighted by Gasteiger charge is -2.22. The molecule has 0 spiro atoms. The van der Waals surface area contributed by atoms with E-state index >= 15 is 0 Å². The number of hydrogen-bond donors (Lipinski definition) is 0. The van der Waals surface area contributed by atoms with E-state index in [0.29, 0.717) is 5.92 Å². The van der Waals surface area contributed by atoms with Crippen molar-refractivity contribution < 1.29 is 9.53 Å². The van der Waals surface area contributed by atoms with Gasteiger partial charge in [-0.25, -0.2) is 0 Å². The molecule has 74 valence electrons. The minimum Gasteiger partial charge on any atom is -0.461 e. The maximum atomic E-state index is 11.2. The van der Waals surface area contributed by atoms with Crippen molar-refractivity contribution in [1.82, 2.24) is 0 Å². The van der Waals surface area contributed by atoms with Crippen LogP contribution >= 0.6 is 11.6 Å². The monoisotopic (exact) mass is 202 g/mol. The molecule has 3 heteroatoms. The maximum Gasteiger partial charge on any atom is 0.324 e.